The second kappa shape index (κ2) is 4.03. The summed E-state index contributed by atoms with van der Waals surface area (Å²) >= 11 is 0. The van der Waals surface area contributed by atoms with Gasteiger partial charge in [0.2, 0.25) is 5.88 Å². The first-order chi connectivity index (χ1) is 6.79. The van der Waals surface area contributed by atoms with Crippen LogP contribution in [-0.2, 0) is 6.54 Å². The third-order valence-corrected chi connectivity index (χ3v) is 1.42. The summed E-state index contributed by atoms with van der Waals surface area (Å²) in [4.78, 5) is 0. The molecule has 0 N–H and O–H groups in total. The van der Waals surface area contributed by atoms with Crippen LogP contribution in [0.15, 0.2) is 0 Å². The van der Waals surface area contributed by atoms with Gasteiger partial charge in [-0.2, -0.15) is 5.10 Å². The molecule has 1 rings (SSSR count). The Hall–Kier alpha value is -1.34. The van der Waals surface area contributed by atoms with Gasteiger partial charge in [0.1, 0.15) is 12.7 Å². The zero-order valence-corrected chi connectivity index (χ0v) is 7.48. The molecule has 0 amide bonds. The van der Waals surface area contributed by atoms with Crippen molar-refractivity contribution in [2.75, 3.05) is 0 Å². The molecule has 0 unspecified atom stereocenters. The van der Waals surface area contributed by atoms with Crippen LogP contribution < -0.4 is 4.74 Å². The zero-order chi connectivity index (χ0) is 11.6. The number of alkyl halides is 5. The number of rotatable bonds is 3. The summed E-state index contributed by atoms with van der Waals surface area (Å²) in [5, 5.41) is 3.23. The van der Waals surface area contributed by atoms with E-state index in [1.165, 1.54) is 6.92 Å². The normalized spacial score (nSPS) is 12.2. The lowest BCUT2D eigenvalue weighted by molar-refractivity contribution is -0.277. The molecule has 0 aromatic carbocycles. The van der Waals surface area contributed by atoms with Crippen molar-refractivity contribution in [3.8, 4) is 5.88 Å². The number of aryl methyl sites for hydroxylation is 1. The molecule has 85 valence electrons. The van der Waals surface area contributed by atoms with Gasteiger partial charge in [0.25, 0.3) is 6.43 Å². The smallest absolute Gasteiger partial charge is 0.388 e. The van der Waals surface area contributed by atoms with E-state index in [1.807, 2.05) is 0 Å². The van der Waals surface area contributed by atoms with E-state index in [2.05, 4.69) is 16.0 Å². The van der Waals surface area contributed by atoms with Crippen LogP contribution >= 0.6 is 0 Å². The molecular weight excluding hydrogens is 223 g/mol. The highest BCUT2D eigenvalue weighted by atomic mass is 19.4. The molecule has 8 heteroatoms. The van der Waals surface area contributed by atoms with Gasteiger partial charge in [-0.05, 0) is 6.92 Å². The molecule has 0 saturated carbocycles. The van der Waals surface area contributed by atoms with Crippen molar-refractivity contribution in [3.63, 3.8) is 0 Å². The highest BCUT2D eigenvalue weighted by molar-refractivity contribution is 5.21. The van der Waals surface area contributed by atoms with E-state index in [9.17, 15) is 22.0 Å². The fraction of sp³-hybridized carbons (Fsp3) is 0.571. The molecule has 1 radical (unpaired) electrons. The molecule has 0 aliphatic rings. The summed E-state index contributed by atoms with van der Waals surface area (Å²) in [5.74, 6) is -0.761. The van der Waals surface area contributed by atoms with E-state index in [4.69, 9.17) is 0 Å². The van der Waals surface area contributed by atoms with Crippen LogP contribution in [0.1, 0.15) is 5.56 Å². The van der Waals surface area contributed by atoms with Crippen LogP contribution in [0.2, 0.25) is 0 Å². The lowest BCUT2D eigenvalue weighted by Gasteiger charge is -2.11. The fourth-order valence-corrected chi connectivity index (χ4v) is 0.915. The van der Waals surface area contributed by atoms with Crippen LogP contribution in [0.4, 0.5) is 22.0 Å². The quantitative estimate of drug-likeness (QED) is 0.742. The number of nitrogens with zero attached hydrogens (tertiary/aromatic N) is 2. The molecule has 0 fully saturated rings. The van der Waals surface area contributed by atoms with Gasteiger partial charge in [0.05, 0.1) is 0 Å². The van der Waals surface area contributed by atoms with Crippen molar-refractivity contribution >= 4 is 0 Å². The first kappa shape index (κ1) is 11.7. The SMILES string of the molecule is Cc1[c]nn(CC(F)F)c1OC(F)(F)F. The molecule has 0 aliphatic carbocycles. The average molecular weight is 229 g/mol. The Morgan fingerprint density at radius 2 is 2.07 bits per heavy atom. The number of halogens is 5. The highest BCUT2D eigenvalue weighted by Crippen LogP contribution is 2.25. The maximum absolute atomic E-state index is 11.9. The third kappa shape index (κ3) is 3.37. The highest BCUT2D eigenvalue weighted by Gasteiger charge is 2.34. The number of hydrogen-bond acceptors (Lipinski definition) is 2. The second-order valence-corrected chi connectivity index (χ2v) is 2.66. The van der Waals surface area contributed by atoms with Crippen molar-refractivity contribution in [1.29, 1.82) is 0 Å². The van der Waals surface area contributed by atoms with Crippen molar-refractivity contribution in [2.45, 2.75) is 26.3 Å². The van der Waals surface area contributed by atoms with Crippen molar-refractivity contribution in [1.82, 2.24) is 9.78 Å². The number of aromatic nitrogens is 2. The Morgan fingerprint density at radius 3 is 2.53 bits per heavy atom. The lowest BCUT2D eigenvalue weighted by atomic mass is 10.4. The maximum Gasteiger partial charge on any atom is 0.574 e. The Kier molecular flexibility index (Phi) is 3.15. The van der Waals surface area contributed by atoms with Gasteiger partial charge >= 0.3 is 6.36 Å². The van der Waals surface area contributed by atoms with E-state index in [0.717, 1.165) is 0 Å². The summed E-state index contributed by atoms with van der Waals surface area (Å²) in [7, 11) is 0. The molecular formula is C7H6F5N2O. The fourth-order valence-electron chi connectivity index (χ4n) is 0.915. The minimum Gasteiger partial charge on any atom is -0.388 e. The molecule has 0 bridgehead atoms. The van der Waals surface area contributed by atoms with Gasteiger partial charge in [-0.3, -0.25) is 0 Å². The summed E-state index contributed by atoms with van der Waals surface area (Å²) in [6.45, 7) is 0.270. The maximum atomic E-state index is 11.9. The van der Waals surface area contributed by atoms with Crippen molar-refractivity contribution < 1.29 is 26.7 Å². The Morgan fingerprint density at radius 1 is 1.47 bits per heavy atom. The number of hydrogen-bond donors (Lipinski definition) is 0. The summed E-state index contributed by atoms with van der Waals surface area (Å²) in [6, 6.07) is 0. The molecule has 0 saturated heterocycles. The molecule has 1 heterocycles. The Balaban J connectivity index is 2.89. The zero-order valence-electron chi connectivity index (χ0n) is 7.48. The van der Waals surface area contributed by atoms with Crippen LogP contribution in [-0.4, -0.2) is 22.6 Å². The Bertz CT molecular complexity index is 333. The van der Waals surface area contributed by atoms with Crippen LogP contribution in [0.5, 0.6) is 5.88 Å². The van der Waals surface area contributed by atoms with Crippen molar-refractivity contribution in [3.05, 3.63) is 11.8 Å². The minimum atomic E-state index is -4.93. The van der Waals surface area contributed by atoms with Crippen molar-refractivity contribution in [2.24, 2.45) is 0 Å². The van der Waals surface area contributed by atoms with Gasteiger partial charge < -0.3 is 4.74 Å². The summed E-state index contributed by atoms with van der Waals surface area (Å²) < 4.78 is 63.4. The van der Waals surface area contributed by atoms with E-state index in [1.54, 1.807) is 0 Å². The van der Waals surface area contributed by atoms with Gasteiger partial charge in [-0.25, -0.2) is 13.5 Å². The van der Waals surface area contributed by atoms with Gasteiger partial charge in [-0.1, -0.05) is 0 Å². The standard InChI is InChI=1S/C7H6F5N2O/c1-4-2-13-14(3-5(8)9)6(4)15-7(10,11)12/h5H,3H2,1H3. The van der Waals surface area contributed by atoms with E-state index >= 15 is 0 Å². The minimum absolute atomic E-state index is 0.0759. The van der Waals surface area contributed by atoms with Crippen LogP contribution in [0, 0.1) is 13.1 Å². The predicted octanol–water partition coefficient (Wildman–Crippen LogP) is 2.16. The molecule has 0 atom stereocenters. The first-order valence-electron chi connectivity index (χ1n) is 3.78. The third-order valence-electron chi connectivity index (χ3n) is 1.42. The molecule has 0 aliphatic heterocycles. The van der Waals surface area contributed by atoms with Gasteiger partial charge in [0.15, 0.2) is 0 Å². The largest absolute Gasteiger partial charge is 0.574 e. The van der Waals surface area contributed by atoms with E-state index in [-0.39, 0.29) is 5.56 Å². The summed E-state index contributed by atoms with van der Waals surface area (Å²) in [6.07, 6.45) is -5.62. The van der Waals surface area contributed by atoms with Gasteiger partial charge in [-0.15, -0.1) is 13.2 Å². The number of ether oxygens (including phenoxy) is 1. The predicted molar refractivity (Wildman–Crippen MR) is 38.5 cm³/mol. The monoisotopic (exact) mass is 229 g/mol. The molecule has 1 aromatic heterocycles. The molecule has 0 spiro atoms. The lowest BCUT2D eigenvalue weighted by Crippen LogP contribution is -2.21. The van der Waals surface area contributed by atoms with Gasteiger partial charge in [0, 0.05) is 5.56 Å². The Labute approximate surface area is 81.4 Å². The van der Waals surface area contributed by atoms with E-state index in [0.29, 0.717) is 4.68 Å². The summed E-state index contributed by atoms with van der Waals surface area (Å²) in [5.41, 5.74) is -0.0759. The average Bonchev–Trinajstić information content (AvgIpc) is 2.32. The van der Waals surface area contributed by atoms with Crippen LogP contribution in [0.3, 0.4) is 0 Å². The molecule has 15 heavy (non-hydrogen) atoms. The first-order valence-corrected chi connectivity index (χ1v) is 3.78. The van der Waals surface area contributed by atoms with Crippen LogP contribution in [0.25, 0.3) is 0 Å². The second-order valence-electron chi connectivity index (χ2n) is 2.66. The molecule has 3 nitrogen and oxygen atoms in total. The topological polar surface area (TPSA) is 27.1 Å². The molecule has 1 aromatic rings. The van der Waals surface area contributed by atoms with E-state index < -0.39 is 25.2 Å².